The molecule has 4 rings (SSSR count). The van der Waals surface area contributed by atoms with E-state index >= 15 is 0 Å². The number of rotatable bonds is 2. The minimum absolute atomic E-state index is 0.0829. The van der Waals surface area contributed by atoms with Crippen molar-refractivity contribution in [2.45, 2.75) is 20.0 Å². The summed E-state index contributed by atoms with van der Waals surface area (Å²) in [7, 11) is 0. The van der Waals surface area contributed by atoms with Crippen molar-refractivity contribution in [2.24, 2.45) is 0 Å². The summed E-state index contributed by atoms with van der Waals surface area (Å²) < 4.78 is 7.68. The van der Waals surface area contributed by atoms with Gasteiger partial charge in [0.15, 0.2) is 0 Å². The second-order valence-corrected chi connectivity index (χ2v) is 6.24. The summed E-state index contributed by atoms with van der Waals surface area (Å²) in [5.74, 6) is 0.612. The fraction of sp³-hybridized carbons (Fsp3) is 0.333. The highest BCUT2D eigenvalue weighted by molar-refractivity contribution is 5.93. The van der Waals surface area contributed by atoms with E-state index in [1.165, 1.54) is 0 Å². The van der Waals surface area contributed by atoms with Gasteiger partial charge in [0.2, 0.25) is 0 Å². The minimum Gasteiger partial charge on any atom is -0.368 e. The summed E-state index contributed by atoms with van der Waals surface area (Å²) in [6.07, 6.45) is 5.22. The molecule has 1 unspecified atom stereocenters. The topological polar surface area (TPSA) is 72.6 Å². The summed E-state index contributed by atoms with van der Waals surface area (Å²) >= 11 is 0. The molecule has 25 heavy (non-hydrogen) atoms. The Labute approximate surface area is 145 Å². The molecule has 0 spiro atoms. The van der Waals surface area contributed by atoms with Crippen molar-refractivity contribution in [3.63, 3.8) is 0 Å². The number of carbonyl (C=O) groups is 1. The maximum absolute atomic E-state index is 12.9. The van der Waals surface area contributed by atoms with Gasteiger partial charge in [-0.15, -0.1) is 0 Å². The van der Waals surface area contributed by atoms with Crippen LogP contribution in [0.2, 0.25) is 0 Å². The lowest BCUT2D eigenvalue weighted by atomic mass is 10.2. The Morgan fingerprint density at radius 1 is 1.20 bits per heavy atom. The smallest absolute Gasteiger partial charge is 0.274 e. The van der Waals surface area contributed by atoms with E-state index in [1.54, 1.807) is 17.3 Å². The fourth-order valence-corrected chi connectivity index (χ4v) is 3.03. The van der Waals surface area contributed by atoms with Crippen LogP contribution in [-0.4, -0.2) is 49.9 Å². The number of aryl methyl sites for hydroxylation is 2. The van der Waals surface area contributed by atoms with Crippen LogP contribution < -0.4 is 0 Å². The molecular formula is C18H19N5O2. The van der Waals surface area contributed by atoms with E-state index in [9.17, 15) is 4.79 Å². The molecule has 0 aliphatic carbocycles. The number of ether oxygens (including phenoxy) is 1. The summed E-state index contributed by atoms with van der Waals surface area (Å²) in [5, 5.41) is 0. The number of amides is 1. The fourth-order valence-electron chi connectivity index (χ4n) is 3.03. The first-order chi connectivity index (χ1) is 12.1. The van der Waals surface area contributed by atoms with Crippen molar-refractivity contribution >= 4 is 11.6 Å². The molecule has 3 aromatic rings. The average molecular weight is 337 g/mol. The Bertz CT molecular complexity index is 936. The van der Waals surface area contributed by atoms with Crippen LogP contribution in [-0.2, 0) is 4.74 Å². The van der Waals surface area contributed by atoms with Crippen LogP contribution >= 0.6 is 0 Å². The first-order valence-corrected chi connectivity index (χ1v) is 8.26. The zero-order valence-electron chi connectivity index (χ0n) is 14.2. The van der Waals surface area contributed by atoms with Crippen LogP contribution in [0.4, 0.5) is 0 Å². The van der Waals surface area contributed by atoms with Crippen molar-refractivity contribution < 1.29 is 9.53 Å². The molecule has 3 aromatic heterocycles. The Kier molecular flexibility index (Phi) is 3.93. The first kappa shape index (κ1) is 15.7. The standard InChI is InChI=1S/C18H19N5O2/c1-12-3-4-17-21-15(10-23(17)9-12)18(24)22-7-8-25-16(11-22)14-5-6-19-13(2)20-14/h3-6,9-10,16H,7-8,11H2,1-2H3. The van der Waals surface area contributed by atoms with Gasteiger partial charge >= 0.3 is 0 Å². The van der Waals surface area contributed by atoms with Gasteiger partial charge in [-0.05, 0) is 31.5 Å². The molecule has 1 atom stereocenters. The highest BCUT2D eigenvalue weighted by Crippen LogP contribution is 2.22. The first-order valence-electron chi connectivity index (χ1n) is 8.26. The van der Waals surface area contributed by atoms with Crippen molar-refractivity contribution in [1.82, 2.24) is 24.3 Å². The number of hydrogen-bond donors (Lipinski definition) is 0. The quantitative estimate of drug-likeness (QED) is 0.715. The second-order valence-electron chi connectivity index (χ2n) is 6.24. The van der Waals surface area contributed by atoms with Crippen LogP contribution in [0.15, 0.2) is 36.8 Å². The zero-order chi connectivity index (χ0) is 17.4. The number of imidazole rings is 1. The molecule has 1 amide bonds. The van der Waals surface area contributed by atoms with Crippen molar-refractivity contribution in [3.8, 4) is 0 Å². The average Bonchev–Trinajstić information content (AvgIpc) is 3.04. The van der Waals surface area contributed by atoms with E-state index in [1.807, 2.05) is 42.6 Å². The van der Waals surface area contributed by atoms with Crippen LogP contribution in [0.25, 0.3) is 5.65 Å². The Balaban J connectivity index is 1.56. The van der Waals surface area contributed by atoms with Gasteiger partial charge in [-0.3, -0.25) is 4.79 Å². The van der Waals surface area contributed by atoms with Gasteiger partial charge in [0.05, 0.1) is 18.8 Å². The van der Waals surface area contributed by atoms with Gasteiger partial charge in [-0.2, -0.15) is 0 Å². The van der Waals surface area contributed by atoms with E-state index in [0.717, 1.165) is 16.9 Å². The molecule has 1 aliphatic heterocycles. The van der Waals surface area contributed by atoms with Gasteiger partial charge in [-0.25, -0.2) is 15.0 Å². The van der Waals surface area contributed by atoms with Crippen molar-refractivity contribution in [3.05, 3.63) is 59.6 Å². The molecule has 0 radical (unpaired) electrons. The Morgan fingerprint density at radius 3 is 2.92 bits per heavy atom. The maximum atomic E-state index is 12.9. The van der Waals surface area contributed by atoms with Gasteiger partial charge < -0.3 is 14.0 Å². The van der Waals surface area contributed by atoms with Crippen LogP contribution in [0.5, 0.6) is 0 Å². The summed E-state index contributed by atoms with van der Waals surface area (Å²) in [6.45, 7) is 5.34. The second kappa shape index (κ2) is 6.25. The third-order valence-electron chi connectivity index (χ3n) is 4.30. The number of aromatic nitrogens is 4. The van der Waals surface area contributed by atoms with E-state index in [-0.39, 0.29) is 12.0 Å². The lowest BCUT2D eigenvalue weighted by molar-refractivity contribution is -0.0250. The van der Waals surface area contributed by atoms with Crippen LogP contribution in [0.1, 0.15) is 33.7 Å². The molecule has 0 N–H and O–H groups in total. The molecule has 7 nitrogen and oxygen atoms in total. The molecule has 0 aromatic carbocycles. The third kappa shape index (κ3) is 3.10. The number of carbonyl (C=O) groups excluding carboxylic acids is 1. The Hall–Kier alpha value is -2.80. The van der Waals surface area contributed by atoms with E-state index in [0.29, 0.717) is 31.2 Å². The molecule has 0 saturated carbocycles. The molecule has 1 aliphatic rings. The highest BCUT2D eigenvalue weighted by atomic mass is 16.5. The normalized spacial score (nSPS) is 17.8. The van der Waals surface area contributed by atoms with E-state index in [4.69, 9.17) is 4.74 Å². The van der Waals surface area contributed by atoms with Gasteiger partial charge in [-0.1, -0.05) is 6.07 Å². The lowest BCUT2D eigenvalue weighted by Crippen LogP contribution is -2.42. The van der Waals surface area contributed by atoms with Gasteiger partial charge in [0.25, 0.3) is 5.91 Å². The molecule has 4 heterocycles. The number of fused-ring (bicyclic) bond motifs is 1. The Morgan fingerprint density at radius 2 is 2.08 bits per heavy atom. The summed E-state index contributed by atoms with van der Waals surface area (Å²) in [6, 6.07) is 5.73. The number of pyridine rings is 1. The van der Waals surface area contributed by atoms with Gasteiger partial charge in [0.1, 0.15) is 23.3 Å². The monoisotopic (exact) mass is 337 g/mol. The largest absolute Gasteiger partial charge is 0.368 e. The zero-order valence-corrected chi connectivity index (χ0v) is 14.2. The number of hydrogen-bond acceptors (Lipinski definition) is 5. The molecule has 0 bridgehead atoms. The SMILES string of the molecule is Cc1ccc2nc(C(=O)N3CCOC(c4ccnc(C)n4)C3)cn2c1. The van der Waals surface area contributed by atoms with Crippen LogP contribution in [0.3, 0.4) is 0 Å². The summed E-state index contributed by atoms with van der Waals surface area (Å²) in [5.41, 5.74) is 3.14. The summed E-state index contributed by atoms with van der Waals surface area (Å²) in [4.78, 5) is 27.6. The molecular weight excluding hydrogens is 318 g/mol. The lowest BCUT2D eigenvalue weighted by Gasteiger charge is -2.32. The van der Waals surface area contributed by atoms with E-state index < -0.39 is 0 Å². The molecule has 1 saturated heterocycles. The van der Waals surface area contributed by atoms with Crippen LogP contribution in [0, 0.1) is 13.8 Å². The highest BCUT2D eigenvalue weighted by Gasteiger charge is 2.28. The molecule has 128 valence electrons. The van der Waals surface area contributed by atoms with Gasteiger partial charge in [0, 0.05) is 25.1 Å². The van der Waals surface area contributed by atoms with E-state index in [2.05, 4.69) is 15.0 Å². The molecule has 7 heteroatoms. The number of nitrogens with zero attached hydrogens (tertiary/aromatic N) is 5. The third-order valence-corrected chi connectivity index (χ3v) is 4.30. The maximum Gasteiger partial charge on any atom is 0.274 e. The number of morpholine rings is 1. The predicted octanol–water partition coefficient (Wildman–Crippen LogP) is 1.95. The molecule has 1 fully saturated rings. The minimum atomic E-state index is -0.237. The van der Waals surface area contributed by atoms with Crippen molar-refractivity contribution in [2.75, 3.05) is 19.7 Å². The predicted molar refractivity (Wildman–Crippen MR) is 91.3 cm³/mol. The van der Waals surface area contributed by atoms with Crippen molar-refractivity contribution in [1.29, 1.82) is 0 Å².